The highest BCUT2D eigenvalue weighted by atomic mass is 32.2. The number of benzene rings is 1. The number of nitrogens with one attached hydrogen (secondary N) is 1. The number of fused-ring (bicyclic) bond motifs is 2. The number of rotatable bonds is 5. The van der Waals surface area contributed by atoms with Crippen LogP contribution in [-0.2, 0) is 9.84 Å². The molecule has 0 radical (unpaired) electrons. The third-order valence-corrected chi connectivity index (χ3v) is 7.20. The Morgan fingerprint density at radius 2 is 1.97 bits per heavy atom. The van der Waals surface area contributed by atoms with Crippen molar-refractivity contribution in [2.24, 2.45) is 0 Å². The fraction of sp³-hybridized carbons (Fsp3) is 0.318. The molecule has 166 valence electrons. The lowest BCUT2D eigenvalue weighted by Crippen LogP contribution is -2.44. The number of aromatic nitrogens is 3. The molecule has 2 fully saturated rings. The lowest BCUT2D eigenvalue weighted by atomic mass is 10.2. The number of hydrogen-bond donors (Lipinski definition) is 1. The van der Waals surface area contributed by atoms with E-state index < -0.39 is 9.84 Å². The molecule has 2 aromatic heterocycles. The van der Waals surface area contributed by atoms with Gasteiger partial charge in [-0.15, -0.1) is 0 Å². The van der Waals surface area contributed by atoms with Crippen LogP contribution in [0, 0.1) is 5.82 Å². The zero-order valence-corrected chi connectivity index (χ0v) is 18.6. The van der Waals surface area contributed by atoms with Crippen molar-refractivity contribution in [1.82, 2.24) is 19.9 Å². The van der Waals surface area contributed by atoms with Crippen LogP contribution < -0.4 is 10.2 Å². The zero-order chi connectivity index (χ0) is 22.5. The molecule has 2 aliphatic rings. The summed E-state index contributed by atoms with van der Waals surface area (Å²) in [6.45, 7) is 1.80. The molecule has 2 bridgehead atoms. The van der Waals surface area contributed by atoms with E-state index in [-0.39, 0.29) is 16.7 Å². The van der Waals surface area contributed by atoms with Gasteiger partial charge in [-0.3, -0.25) is 9.88 Å². The maximum absolute atomic E-state index is 14.9. The monoisotopic (exact) mass is 454 g/mol. The Kier molecular flexibility index (Phi) is 5.06. The standard InChI is InChI=1S/C22H23FN6O2S/c1-28-12-17-9-16(28)13-29(17)21-4-3-15(8-19(21)23)26-22-25-6-5-20(27-22)14-7-18(11-24-10-14)32(2,30)31/h3-8,10-11,16-17H,9,12-13H2,1-2H3,(H,25,26,27)/t16-,17-/m0/s1. The van der Waals surface area contributed by atoms with E-state index in [2.05, 4.69) is 37.1 Å². The average Bonchev–Trinajstić information content (AvgIpc) is 3.33. The molecule has 1 N–H and O–H groups in total. The van der Waals surface area contributed by atoms with E-state index in [0.717, 1.165) is 25.8 Å². The van der Waals surface area contributed by atoms with E-state index in [0.29, 0.717) is 34.7 Å². The van der Waals surface area contributed by atoms with Crippen molar-refractivity contribution in [2.45, 2.75) is 23.4 Å². The minimum atomic E-state index is -3.38. The summed E-state index contributed by atoms with van der Waals surface area (Å²) >= 11 is 0. The predicted molar refractivity (Wildman–Crippen MR) is 120 cm³/mol. The number of piperazine rings is 1. The molecular formula is C22H23FN6O2S. The smallest absolute Gasteiger partial charge is 0.227 e. The van der Waals surface area contributed by atoms with E-state index >= 15 is 0 Å². The highest BCUT2D eigenvalue weighted by molar-refractivity contribution is 7.90. The highest BCUT2D eigenvalue weighted by Crippen LogP contribution is 2.35. The van der Waals surface area contributed by atoms with Crippen molar-refractivity contribution in [2.75, 3.05) is 36.6 Å². The molecule has 0 spiro atoms. The van der Waals surface area contributed by atoms with E-state index in [4.69, 9.17) is 0 Å². The van der Waals surface area contributed by atoms with Gasteiger partial charge in [0.2, 0.25) is 5.95 Å². The SMILES string of the molecule is CN1C[C@@H]2C[C@H]1CN2c1ccc(Nc2nccc(-c3cncc(S(C)(=O)=O)c3)n2)cc1F. The summed E-state index contributed by atoms with van der Waals surface area (Å²) in [6.07, 6.45) is 6.60. The number of pyridine rings is 1. The molecule has 8 nitrogen and oxygen atoms in total. The van der Waals surface area contributed by atoms with Crippen LogP contribution in [0.3, 0.4) is 0 Å². The highest BCUT2D eigenvalue weighted by Gasteiger charge is 2.42. The quantitative estimate of drug-likeness (QED) is 0.629. The van der Waals surface area contributed by atoms with Crippen molar-refractivity contribution < 1.29 is 12.8 Å². The average molecular weight is 455 g/mol. The number of halogens is 1. The number of nitrogens with zero attached hydrogens (tertiary/aromatic N) is 5. The Hall–Kier alpha value is -3.11. The molecule has 4 heterocycles. The van der Waals surface area contributed by atoms with E-state index in [1.165, 1.54) is 24.5 Å². The number of anilines is 3. The first-order chi connectivity index (χ1) is 15.3. The number of sulfone groups is 1. The lowest BCUT2D eigenvalue weighted by Gasteiger charge is -2.33. The fourth-order valence-electron chi connectivity index (χ4n) is 4.45. The van der Waals surface area contributed by atoms with Gasteiger partial charge in [0.15, 0.2) is 9.84 Å². The van der Waals surface area contributed by atoms with Crippen molar-refractivity contribution in [3.05, 3.63) is 54.7 Å². The molecule has 0 saturated carbocycles. The first-order valence-corrected chi connectivity index (χ1v) is 12.2. The second kappa shape index (κ2) is 7.79. The zero-order valence-electron chi connectivity index (χ0n) is 17.7. The van der Waals surface area contributed by atoms with Gasteiger partial charge in [0.25, 0.3) is 0 Å². The number of likely N-dealkylation sites (tertiary alicyclic amines) is 1. The van der Waals surface area contributed by atoms with Gasteiger partial charge >= 0.3 is 0 Å². The Labute approximate surface area is 186 Å². The van der Waals surface area contributed by atoms with Gasteiger partial charge in [-0.1, -0.05) is 0 Å². The molecule has 1 aromatic carbocycles. The first kappa shape index (κ1) is 20.8. The minimum absolute atomic E-state index is 0.114. The second-order valence-electron chi connectivity index (χ2n) is 8.37. The lowest BCUT2D eigenvalue weighted by molar-refractivity contribution is 0.292. The fourth-order valence-corrected chi connectivity index (χ4v) is 5.04. The van der Waals surface area contributed by atoms with Crippen LogP contribution in [0.1, 0.15) is 6.42 Å². The van der Waals surface area contributed by atoms with Gasteiger partial charge in [-0.25, -0.2) is 22.8 Å². The van der Waals surface area contributed by atoms with E-state index in [9.17, 15) is 12.8 Å². The maximum Gasteiger partial charge on any atom is 0.227 e. The molecule has 0 unspecified atom stereocenters. The van der Waals surface area contributed by atoms with Gasteiger partial charge in [0, 0.05) is 61.3 Å². The van der Waals surface area contributed by atoms with Crippen LogP contribution in [-0.4, -0.2) is 66.7 Å². The van der Waals surface area contributed by atoms with Crippen molar-refractivity contribution in [1.29, 1.82) is 0 Å². The molecule has 10 heteroatoms. The minimum Gasteiger partial charge on any atom is -0.363 e. The third-order valence-electron chi connectivity index (χ3n) is 6.12. The summed E-state index contributed by atoms with van der Waals surface area (Å²) in [7, 11) is -1.27. The second-order valence-corrected chi connectivity index (χ2v) is 10.4. The Balaban J connectivity index is 1.36. The van der Waals surface area contributed by atoms with E-state index in [1.54, 1.807) is 18.3 Å². The van der Waals surface area contributed by atoms with Gasteiger partial charge in [0.05, 0.1) is 16.3 Å². The Bertz CT molecular complexity index is 1280. The summed E-state index contributed by atoms with van der Waals surface area (Å²) in [6, 6.07) is 9.09. The summed E-state index contributed by atoms with van der Waals surface area (Å²) in [4.78, 5) is 17.2. The molecule has 2 aliphatic heterocycles. The predicted octanol–water partition coefficient (Wildman–Crippen LogP) is 2.72. The van der Waals surface area contributed by atoms with Crippen molar-refractivity contribution in [3.63, 3.8) is 0 Å². The topological polar surface area (TPSA) is 91.3 Å². The summed E-state index contributed by atoms with van der Waals surface area (Å²) in [5, 5.41) is 3.03. The third kappa shape index (κ3) is 3.91. The molecule has 2 saturated heterocycles. The maximum atomic E-state index is 14.9. The summed E-state index contributed by atoms with van der Waals surface area (Å²) in [5.41, 5.74) is 2.21. The molecule has 5 rings (SSSR count). The van der Waals surface area contributed by atoms with Crippen LogP contribution in [0.4, 0.5) is 21.7 Å². The summed E-state index contributed by atoms with van der Waals surface area (Å²) in [5.74, 6) is -0.00678. The van der Waals surface area contributed by atoms with Crippen LogP contribution >= 0.6 is 0 Å². The number of hydrogen-bond acceptors (Lipinski definition) is 8. The van der Waals surface area contributed by atoms with Crippen LogP contribution in [0.25, 0.3) is 11.3 Å². The Morgan fingerprint density at radius 3 is 2.66 bits per heavy atom. The van der Waals surface area contributed by atoms with Crippen molar-refractivity contribution in [3.8, 4) is 11.3 Å². The van der Waals surface area contributed by atoms with Gasteiger partial charge in [-0.2, -0.15) is 0 Å². The number of likely N-dealkylation sites (N-methyl/N-ethyl adjacent to an activating group) is 1. The van der Waals surface area contributed by atoms with E-state index in [1.807, 2.05) is 6.07 Å². The molecule has 0 aliphatic carbocycles. The molecular weight excluding hydrogens is 431 g/mol. The normalized spacial score (nSPS) is 20.7. The first-order valence-electron chi connectivity index (χ1n) is 10.3. The Morgan fingerprint density at radius 1 is 1.12 bits per heavy atom. The van der Waals surface area contributed by atoms with Crippen LogP contribution in [0.2, 0.25) is 0 Å². The summed E-state index contributed by atoms with van der Waals surface area (Å²) < 4.78 is 38.5. The molecule has 0 amide bonds. The van der Waals surface area contributed by atoms with Gasteiger partial charge < -0.3 is 10.2 Å². The molecule has 2 atom stereocenters. The van der Waals surface area contributed by atoms with Crippen LogP contribution in [0.15, 0.2) is 53.8 Å². The van der Waals surface area contributed by atoms with Crippen molar-refractivity contribution >= 4 is 27.2 Å². The molecule has 3 aromatic rings. The van der Waals surface area contributed by atoms with Gasteiger partial charge in [0.1, 0.15) is 5.82 Å². The largest absolute Gasteiger partial charge is 0.363 e. The van der Waals surface area contributed by atoms with Gasteiger partial charge in [-0.05, 0) is 43.8 Å². The van der Waals surface area contributed by atoms with Crippen LogP contribution in [0.5, 0.6) is 0 Å². The molecule has 32 heavy (non-hydrogen) atoms.